The van der Waals surface area contributed by atoms with Crippen molar-refractivity contribution in [1.82, 2.24) is 5.32 Å². The van der Waals surface area contributed by atoms with Crippen molar-refractivity contribution in [3.05, 3.63) is 71.3 Å². The van der Waals surface area contributed by atoms with Crippen LogP contribution in [0.4, 0.5) is 8.78 Å². The Labute approximate surface area is 130 Å². The van der Waals surface area contributed by atoms with Gasteiger partial charge in [-0.3, -0.25) is 4.79 Å². The summed E-state index contributed by atoms with van der Waals surface area (Å²) < 4.78 is 26.7. The van der Waals surface area contributed by atoms with E-state index >= 15 is 0 Å². The van der Waals surface area contributed by atoms with Crippen LogP contribution in [0.3, 0.4) is 0 Å². The van der Waals surface area contributed by atoms with Crippen LogP contribution in [-0.4, -0.2) is 17.3 Å². The molecule has 0 fully saturated rings. The van der Waals surface area contributed by atoms with E-state index in [1.165, 1.54) is 0 Å². The van der Waals surface area contributed by atoms with Gasteiger partial charge in [-0.05, 0) is 30.2 Å². The Morgan fingerprint density at radius 2 is 1.86 bits per heavy atom. The van der Waals surface area contributed by atoms with Gasteiger partial charge in [-0.1, -0.05) is 46.3 Å². The molecule has 0 heterocycles. The maximum Gasteiger partial charge on any atom is 0.254 e. The normalized spacial score (nSPS) is 12.0. The zero-order chi connectivity index (χ0) is 15.2. The van der Waals surface area contributed by atoms with E-state index in [1.54, 1.807) is 0 Å². The second-order valence-electron chi connectivity index (χ2n) is 4.64. The summed E-state index contributed by atoms with van der Waals surface area (Å²) in [5, 5.41) is 3.23. The monoisotopic (exact) mass is 353 g/mol. The fourth-order valence-corrected chi connectivity index (χ4v) is 2.37. The van der Waals surface area contributed by atoms with Gasteiger partial charge in [-0.15, -0.1) is 0 Å². The first-order valence-electron chi connectivity index (χ1n) is 6.46. The van der Waals surface area contributed by atoms with Gasteiger partial charge in [0.1, 0.15) is 11.6 Å². The van der Waals surface area contributed by atoms with Gasteiger partial charge in [-0.25, -0.2) is 8.78 Å². The van der Waals surface area contributed by atoms with Crippen LogP contribution < -0.4 is 5.32 Å². The van der Waals surface area contributed by atoms with Gasteiger partial charge in [0, 0.05) is 11.4 Å². The molecular formula is C16H14BrF2NO. The van der Waals surface area contributed by atoms with Crippen molar-refractivity contribution < 1.29 is 13.6 Å². The van der Waals surface area contributed by atoms with Crippen LogP contribution in [0.15, 0.2) is 48.5 Å². The molecule has 2 aromatic rings. The molecule has 0 aliphatic carbocycles. The quantitative estimate of drug-likeness (QED) is 0.815. The molecule has 0 spiro atoms. The molecule has 0 aromatic heterocycles. The summed E-state index contributed by atoms with van der Waals surface area (Å²) in [6.07, 6.45) is 0.606. The third kappa shape index (κ3) is 4.36. The number of alkyl halides is 1. The van der Waals surface area contributed by atoms with E-state index in [2.05, 4.69) is 21.2 Å². The predicted molar refractivity (Wildman–Crippen MR) is 81.6 cm³/mol. The molecule has 1 N–H and O–H groups in total. The van der Waals surface area contributed by atoms with Gasteiger partial charge in [0.15, 0.2) is 0 Å². The van der Waals surface area contributed by atoms with Crippen molar-refractivity contribution in [2.75, 3.05) is 5.33 Å². The third-order valence-electron chi connectivity index (χ3n) is 3.02. The molecule has 0 radical (unpaired) electrons. The minimum Gasteiger partial charge on any atom is -0.348 e. The van der Waals surface area contributed by atoms with Crippen LogP contribution in [0.1, 0.15) is 15.9 Å². The molecule has 0 saturated heterocycles. The fourth-order valence-electron chi connectivity index (χ4n) is 1.98. The maximum atomic E-state index is 13.6. The molecule has 2 nitrogen and oxygen atoms in total. The van der Waals surface area contributed by atoms with Crippen molar-refractivity contribution in [2.24, 2.45) is 0 Å². The molecule has 0 bridgehead atoms. The van der Waals surface area contributed by atoms with Gasteiger partial charge < -0.3 is 5.32 Å². The average molecular weight is 354 g/mol. The summed E-state index contributed by atoms with van der Waals surface area (Å²) in [7, 11) is 0. The third-order valence-corrected chi connectivity index (χ3v) is 3.80. The number of halogens is 3. The van der Waals surface area contributed by atoms with E-state index in [1.807, 2.05) is 30.3 Å². The Bertz CT molecular complexity index is 619. The smallest absolute Gasteiger partial charge is 0.254 e. The van der Waals surface area contributed by atoms with Crippen LogP contribution in [0.2, 0.25) is 0 Å². The zero-order valence-corrected chi connectivity index (χ0v) is 12.7. The predicted octanol–water partition coefficient (Wildman–Crippen LogP) is 3.70. The highest BCUT2D eigenvalue weighted by atomic mass is 79.9. The number of carbonyl (C=O) groups excluding carboxylic acids is 1. The van der Waals surface area contributed by atoms with Gasteiger partial charge in [0.05, 0.1) is 5.56 Å². The van der Waals surface area contributed by atoms with Crippen LogP contribution in [0.25, 0.3) is 0 Å². The first kappa shape index (κ1) is 15.6. The highest BCUT2D eigenvalue weighted by Gasteiger charge is 2.17. The van der Waals surface area contributed by atoms with Gasteiger partial charge >= 0.3 is 0 Å². The first-order chi connectivity index (χ1) is 10.1. The maximum absolute atomic E-state index is 13.6. The van der Waals surface area contributed by atoms with E-state index in [0.29, 0.717) is 11.8 Å². The van der Waals surface area contributed by atoms with Crippen LogP contribution >= 0.6 is 15.9 Å². The molecule has 0 aliphatic heterocycles. The topological polar surface area (TPSA) is 29.1 Å². The molecule has 110 valence electrons. The summed E-state index contributed by atoms with van der Waals surface area (Å²) in [4.78, 5) is 12.0. The first-order valence-corrected chi connectivity index (χ1v) is 7.58. The van der Waals surface area contributed by atoms with Crippen molar-refractivity contribution in [3.63, 3.8) is 0 Å². The van der Waals surface area contributed by atoms with Gasteiger partial charge in [0.2, 0.25) is 0 Å². The molecule has 1 atom stereocenters. The van der Waals surface area contributed by atoms with Crippen LogP contribution in [-0.2, 0) is 6.42 Å². The molecular weight excluding hydrogens is 340 g/mol. The lowest BCUT2D eigenvalue weighted by Crippen LogP contribution is -2.38. The summed E-state index contributed by atoms with van der Waals surface area (Å²) in [5.41, 5.74) is 0.774. The summed E-state index contributed by atoms with van der Waals surface area (Å²) in [6, 6.07) is 12.3. The number of hydrogen-bond acceptors (Lipinski definition) is 1. The zero-order valence-electron chi connectivity index (χ0n) is 11.2. The van der Waals surface area contributed by atoms with Crippen molar-refractivity contribution >= 4 is 21.8 Å². The number of rotatable bonds is 5. The molecule has 0 saturated carbocycles. The Hall–Kier alpha value is -1.75. The average Bonchev–Trinajstić information content (AvgIpc) is 2.50. The van der Waals surface area contributed by atoms with Crippen LogP contribution in [0.5, 0.6) is 0 Å². The number of amides is 1. The second kappa shape index (κ2) is 7.31. The lowest BCUT2D eigenvalue weighted by Gasteiger charge is -2.16. The Morgan fingerprint density at radius 3 is 2.52 bits per heavy atom. The van der Waals surface area contributed by atoms with Crippen molar-refractivity contribution in [2.45, 2.75) is 12.5 Å². The Kier molecular flexibility index (Phi) is 5.44. The molecule has 0 aliphatic rings. The molecule has 21 heavy (non-hydrogen) atoms. The number of benzene rings is 2. The van der Waals surface area contributed by atoms with Gasteiger partial charge in [0.25, 0.3) is 5.91 Å². The number of hydrogen-bond donors (Lipinski definition) is 1. The largest absolute Gasteiger partial charge is 0.348 e. The lowest BCUT2D eigenvalue weighted by atomic mass is 10.1. The minimum absolute atomic E-state index is 0.206. The number of carbonyl (C=O) groups is 1. The summed E-state index contributed by atoms with van der Waals surface area (Å²) >= 11 is 3.32. The minimum atomic E-state index is -0.734. The van der Waals surface area contributed by atoms with E-state index in [9.17, 15) is 13.6 Å². The fraction of sp³-hybridized carbons (Fsp3) is 0.188. The Balaban J connectivity index is 2.07. The molecule has 1 amide bonds. The summed E-state index contributed by atoms with van der Waals surface area (Å²) in [5.74, 6) is -1.99. The highest BCUT2D eigenvalue weighted by molar-refractivity contribution is 9.09. The van der Waals surface area contributed by atoms with E-state index in [4.69, 9.17) is 0 Å². The summed E-state index contributed by atoms with van der Waals surface area (Å²) in [6.45, 7) is 0. The van der Waals surface area contributed by atoms with Crippen LogP contribution in [0, 0.1) is 11.6 Å². The standard InChI is InChI=1S/C16H14BrF2NO/c17-10-13(8-11-4-2-1-3-5-11)20-16(21)14-9-12(18)6-7-15(14)19/h1-7,9,13H,8,10H2,(H,20,21). The van der Waals surface area contributed by atoms with Crippen molar-refractivity contribution in [3.8, 4) is 0 Å². The SMILES string of the molecule is O=C(NC(CBr)Cc1ccccc1)c1cc(F)ccc1F. The molecule has 5 heteroatoms. The number of nitrogens with one attached hydrogen (secondary N) is 1. The van der Waals surface area contributed by atoms with Gasteiger partial charge in [-0.2, -0.15) is 0 Å². The highest BCUT2D eigenvalue weighted by Crippen LogP contribution is 2.11. The second-order valence-corrected chi connectivity index (χ2v) is 5.29. The molecule has 1 unspecified atom stereocenters. The molecule has 2 rings (SSSR count). The molecule has 2 aromatic carbocycles. The van der Waals surface area contributed by atoms with E-state index < -0.39 is 17.5 Å². The Morgan fingerprint density at radius 1 is 1.14 bits per heavy atom. The lowest BCUT2D eigenvalue weighted by molar-refractivity contribution is 0.0936. The van der Waals surface area contributed by atoms with E-state index in [-0.39, 0.29) is 11.6 Å². The van der Waals surface area contributed by atoms with Crippen molar-refractivity contribution in [1.29, 1.82) is 0 Å². The van der Waals surface area contributed by atoms with E-state index in [0.717, 1.165) is 23.8 Å².